The highest BCUT2D eigenvalue weighted by atomic mass is 15.0. The average molecular weight is 315 g/mol. The maximum atomic E-state index is 4.47. The molecule has 0 fully saturated rings. The van der Waals surface area contributed by atoms with E-state index in [-0.39, 0.29) is 5.41 Å². The van der Waals surface area contributed by atoms with E-state index in [4.69, 9.17) is 0 Å². The molecule has 0 unspecified atom stereocenters. The van der Waals surface area contributed by atoms with Crippen LogP contribution >= 0.6 is 0 Å². The Morgan fingerprint density at radius 1 is 0.792 bits per heavy atom. The van der Waals surface area contributed by atoms with Crippen molar-refractivity contribution in [1.29, 1.82) is 0 Å². The number of aryl methyl sites for hydroxylation is 2. The van der Waals surface area contributed by atoms with Crippen LogP contribution in [0.2, 0.25) is 0 Å². The Bertz CT molecular complexity index is 921. The van der Waals surface area contributed by atoms with Crippen molar-refractivity contribution in [2.24, 2.45) is 0 Å². The van der Waals surface area contributed by atoms with Gasteiger partial charge in [0, 0.05) is 11.8 Å². The Morgan fingerprint density at radius 2 is 1.46 bits per heavy atom. The van der Waals surface area contributed by atoms with E-state index in [1.165, 1.54) is 27.8 Å². The average Bonchev–Trinajstić information content (AvgIpc) is 2.75. The lowest BCUT2D eigenvalue weighted by atomic mass is 9.82. The first-order chi connectivity index (χ1) is 11.4. The Hall–Kier alpha value is -2.55. The molecule has 0 aliphatic heterocycles. The first-order valence-electron chi connectivity index (χ1n) is 8.36. The number of nitrogens with zero attached hydrogens (tertiary/aromatic N) is 3. The lowest BCUT2D eigenvalue weighted by Gasteiger charge is -2.21. The van der Waals surface area contributed by atoms with Gasteiger partial charge in [0.1, 0.15) is 17.5 Å². The summed E-state index contributed by atoms with van der Waals surface area (Å²) in [5.74, 6) is 2.40. The molecule has 0 saturated carbocycles. The molecule has 0 bridgehead atoms. The monoisotopic (exact) mass is 315 g/mol. The zero-order chi connectivity index (χ0) is 16.9. The standard InChI is InChI=1S/C21H21N3/c1-13-22-14(2)24-20(23-13)12-15-9-10-19-17(11-15)16-7-5-6-8-18(16)21(19,3)4/h5-11H,12H2,1-4H3. The first kappa shape index (κ1) is 15.0. The van der Waals surface area contributed by atoms with Gasteiger partial charge in [-0.2, -0.15) is 0 Å². The molecule has 3 aromatic rings. The minimum absolute atomic E-state index is 0.0603. The SMILES string of the molecule is Cc1nc(C)nc(Cc2ccc3c(c2)-c2ccccc2C3(C)C)n1. The highest BCUT2D eigenvalue weighted by molar-refractivity contribution is 5.81. The lowest BCUT2D eigenvalue weighted by Crippen LogP contribution is -2.14. The molecule has 0 saturated heterocycles. The van der Waals surface area contributed by atoms with E-state index in [1.54, 1.807) is 0 Å². The molecule has 1 aliphatic carbocycles. The summed E-state index contributed by atoms with van der Waals surface area (Å²) >= 11 is 0. The summed E-state index contributed by atoms with van der Waals surface area (Å²) in [7, 11) is 0. The normalized spacial score (nSPS) is 14.3. The van der Waals surface area contributed by atoms with Crippen molar-refractivity contribution in [2.75, 3.05) is 0 Å². The van der Waals surface area contributed by atoms with Crippen molar-refractivity contribution in [2.45, 2.75) is 39.5 Å². The van der Waals surface area contributed by atoms with Gasteiger partial charge in [-0.3, -0.25) is 0 Å². The van der Waals surface area contributed by atoms with Gasteiger partial charge in [-0.05, 0) is 41.7 Å². The number of hydrogen-bond donors (Lipinski definition) is 0. The van der Waals surface area contributed by atoms with Crippen molar-refractivity contribution in [3.8, 4) is 11.1 Å². The maximum Gasteiger partial charge on any atom is 0.136 e. The van der Waals surface area contributed by atoms with Crippen molar-refractivity contribution in [1.82, 2.24) is 15.0 Å². The molecule has 0 N–H and O–H groups in total. The number of fused-ring (bicyclic) bond motifs is 3. The third-order valence-corrected chi connectivity index (χ3v) is 4.92. The minimum atomic E-state index is 0.0603. The molecule has 1 aliphatic rings. The molecule has 120 valence electrons. The molecule has 1 heterocycles. The van der Waals surface area contributed by atoms with Crippen molar-refractivity contribution >= 4 is 0 Å². The van der Waals surface area contributed by atoms with Crippen LogP contribution in [0.3, 0.4) is 0 Å². The second-order valence-electron chi connectivity index (χ2n) is 7.07. The molecule has 4 rings (SSSR count). The molecule has 2 aromatic carbocycles. The van der Waals surface area contributed by atoms with E-state index in [0.29, 0.717) is 0 Å². The Balaban J connectivity index is 1.78. The van der Waals surface area contributed by atoms with Gasteiger partial charge in [-0.1, -0.05) is 56.3 Å². The molecular formula is C21H21N3. The smallest absolute Gasteiger partial charge is 0.136 e. The van der Waals surface area contributed by atoms with Gasteiger partial charge in [-0.25, -0.2) is 15.0 Å². The van der Waals surface area contributed by atoms with E-state index in [1.807, 2.05) is 13.8 Å². The van der Waals surface area contributed by atoms with E-state index in [9.17, 15) is 0 Å². The summed E-state index contributed by atoms with van der Waals surface area (Å²) in [6.45, 7) is 8.44. The summed E-state index contributed by atoms with van der Waals surface area (Å²) in [6, 6.07) is 15.5. The van der Waals surface area contributed by atoms with Gasteiger partial charge in [0.05, 0.1) is 0 Å². The fourth-order valence-corrected chi connectivity index (χ4v) is 3.82. The van der Waals surface area contributed by atoms with Crippen LogP contribution in [-0.2, 0) is 11.8 Å². The summed E-state index contributed by atoms with van der Waals surface area (Å²) in [4.78, 5) is 13.2. The second kappa shape index (κ2) is 5.23. The molecule has 3 heteroatoms. The Morgan fingerprint density at radius 3 is 2.21 bits per heavy atom. The molecule has 1 aromatic heterocycles. The number of rotatable bonds is 2. The number of aromatic nitrogens is 3. The summed E-state index contributed by atoms with van der Waals surface area (Å²) in [6.07, 6.45) is 0.736. The van der Waals surface area contributed by atoms with Gasteiger partial charge in [0.2, 0.25) is 0 Å². The molecule has 24 heavy (non-hydrogen) atoms. The summed E-state index contributed by atoms with van der Waals surface area (Å²) in [5, 5.41) is 0. The largest absolute Gasteiger partial charge is 0.219 e. The van der Waals surface area contributed by atoms with Crippen molar-refractivity contribution in [3.05, 3.63) is 76.6 Å². The van der Waals surface area contributed by atoms with Gasteiger partial charge in [0.15, 0.2) is 0 Å². The van der Waals surface area contributed by atoms with Crippen LogP contribution in [0.4, 0.5) is 0 Å². The zero-order valence-electron chi connectivity index (χ0n) is 14.6. The van der Waals surface area contributed by atoms with Crippen molar-refractivity contribution < 1.29 is 0 Å². The third kappa shape index (κ3) is 2.32. The van der Waals surface area contributed by atoms with Gasteiger partial charge in [-0.15, -0.1) is 0 Å². The predicted octanol–water partition coefficient (Wildman–Crippen LogP) is 4.39. The van der Waals surface area contributed by atoms with Crippen molar-refractivity contribution in [3.63, 3.8) is 0 Å². The Kier molecular flexibility index (Phi) is 3.27. The minimum Gasteiger partial charge on any atom is -0.219 e. The predicted molar refractivity (Wildman–Crippen MR) is 96.1 cm³/mol. The van der Waals surface area contributed by atoms with Crippen LogP contribution in [0.15, 0.2) is 42.5 Å². The summed E-state index contributed by atoms with van der Waals surface area (Å²) < 4.78 is 0. The van der Waals surface area contributed by atoms with Gasteiger partial charge in [0.25, 0.3) is 0 Å². The molecule has 0 radical (unpaired) electrons. The molecule has 0 amide bonds. The number of hydrogen-bond acceptors (Lipinski definition) is 3. The first-order valence-corrected chi connectivity index (χ1v) is 8.36. The van der Waals surface area contributed by atoms with E-state index in [2.05, 4.69) is 71.3 Å². The van der Waals surface area contributed by atoms with Crippen LogP contribution in [-0.4, -0.2) is 15.0 Å². The second-order valence-corrected chi connectivity index (χ2v) is 7.07. The Labute approximate surface area is 142 Å². The molecule has 3 nitrogen and oxygen atoms in total. The van der Waals surface area contributed by atoms with E-state index >= 15 is 0 Å². The zero-order valence-corrected chi connectivity index (χ0v) is 14.6. The van der Waals surface area contributed by atoms with Crippen LogP contribution < -0.4 is 0 Å². The van der Waals surface area contributed by atoms with Gasteiger partial charge < -0.3 is 0 Å². The van der Waals surface area contributed by atoms with Crippen LogP contribution in [0.1, 0.15) is 48.0 Å². The van der Waals surface area contributed by atoms with E-state index in [0.717, 1.165) is 23.9 Å². The third-order valence-electron chi connectivity index (χ3n) is 4.92. The number of benzene rings is 2. The molecular weight excluding hydrogens is 294 g/mol. The van der Waals surface area contributed by atoms with Gasteiger partial charge >= 0.3 is 0 Å². The maximum absolute atomic E-state index is 4.47. The fraction of sp³-hybridized carbons (Fsp3) is 0.286. The van der Waals surface area contributed by atoms with Crippen LogP contribution in [0, 0.1) is 13.8 Å². The summed E-state index contributed by atoms with van der Waals surface area (Å²) in [5.41, 5.74) is 6.80. The molecule has 0 atom stereocenters. The quantitative estimate of drug-likeness (QED) is 0.704. The molecule has 0 spiro atoms. The lowest BCUT2D eigenvalue weighted by molar-refractivity contribution is 0.660. The van der Waals surface area contributed by atoms with Crippen LogP contribution in [0.25, 0.3) is 11.1 Å². The highest BCUT2D eigenvalue weighted by Gasteiger charge is 2.34. The topological polar surface area (TPSA) is 38.7 Å². The highest BCUT2D eigenvalue weighted by Crippen LogP contribution is 2.48. The fourth-order valence-electron chi connectivity index (χ4n) is 3.82. The van der Waals surface area contributed by atoms with Crippen LogP contribution in [0.5, 0.6) is 0 Å². The van der Waals surface area contributed by atoms with E-state index < -0.39 is 0 Å².